The summed E-state index contributed by atoms with van der Waals surface area (Å²) in [5.74, 6) is 0. The van der Waals surface area contributed by atoms with E-state index in [1.807, 2.05) is 0 Å². The van der Waals surface area contributed by atoms with Gasteiger partial charge < -0.3 is 0 Å². The van der Waals surface area contributed by atoms with Crippen LogP contribution in [0.2, 0.25) is 5.02 Å². The maximum atomic E-state index is 12.9. The Morgan fingerprint density at radius 1 is 0.893 bits per heavy atom. The molecule has 0 fully saturated rings. The van der Waals surface area contributed by atoms with Crippen LogP contribution in [0.3, 0.4) is 0 Å². The average molecular weight is 402 g/mol. The largest absolute Gasteiger partial charge is 0.416 e. The summed E-state index contributed by atoms with van der Waals surface area (Å²) in [5.41, 5.74) is 0.0545. The first-order valence-corrected chi connectivity index (χ1v) is 8.78. The van der Waals surface area contributed by atoms with Crippen molar-refractivity contribution in [1.82, 2.24) is 9.97 Å². The topological polar surface area (TPSA) is 49.6 Å². The molecule has 0 aliphatic carbocycles. The Morgan fingerprint density at radius 3 is 2.07 bits per heavy atom. The molecule has 0 aliphatic rings. The quantitative estimate of drug-likeness (QED) is 0.575. The fourth-order valence-electron chi connectivity index (χ4n) is 3.07. The highest BCUT2D eigenvalue weighted by Gasteiger charge is 2.36. The number of benzene rings is 2. The lowest BCUT2D eigenvalue weighted by atomic mass is 9.73. The number of alkyl halides is 3. The normalized spacial score (nSPS) is 13.5. The molecule has 1 heterocycles. The third-order valence-corrected chi connectivity index (χ3v) is 4.75. The summed E-state index contributed by atoms with van der Waals surface area (Å²) in [6.07, 6.45) is 0.669. The van der Waals surface area contributed by atoms with Crippen molar-refractivity contribution in [2.24, 2.45) is 0 Å². The zero-order valence-electron chi connectivity index (χ0n) is 14.6. The number of halogens is 4. The van der Waals surface area contributed by atoms with Gasteiger partial charge in [-0.3, -0.25) is 9.97 Å². The van der Waals surface area contributed by atoms with Gasteiger partial charge in [0.25, 0.3) is 0 Å². The van der Waals surface area contributed by atoms with Crippen LogP contribution in [0.25, 0.3) is 0 Å². The van der Waals surface area contributed by atoms with Gasteiger partial charge in [-0.2, -0.15) is 18.4 Å². The SMILES string of the molecule is N#CC(Cc1ccc(Cl)cc1)(Cc1cnccn1)c1ccc(C(F)(F)F)cc1. The lowest BCUT2D eigenvalue weighted by molar-refractivity contribution is -0.137. The fourth-order valence-corrected chi connectivity index (χ4v) is 3.20. The predicted octanol–water partition coefficient (Wildman–Crippen LogP) is 5.40. The molecule has 0 amide bonds. The van der Waals surface area contributed by atoms with E-state index in [0.29, 0.717) is 22.7 Å². The van der Waals surface area contributed by atoms with Gasteiger partial charge in [-0.05, 0) is 41.8 Å². The highest BCUT2D eigenvalue weighted by molar-refractivity contribution is 6.30. The van der Waals surface area contributed by atoms with Crippen LogP contribution in [0, 0.1) is 11.3 Å². The zero-order valence-corrected chi connectivity index (χ0v) is 15.4. The van der Waals surface area contributed by atoms with Gasteiger partial charge in [0.2, 0.25) is 0 Å². The molecule has 0 spiro atoms. The van der Waals surface area contributed by atoms with Crippen LogP contribution < -0.4 is 0 Å². The van der Waals surface area contributed by atoms with Crippen molar-refractivity contribution in [3.8, 4) is 6.07 Å². The minimum atomic E-state index is -4.44. The smallest absolute Gasteiger partial charge is 0.261 e. The second-order valence-electron chi connectivity index (χ2n) is 6.45. The number of rotatable bonds is 5. The van der Waals surface area contributed by atoms with Crippen molar-refractivity contribution >= 4 is 11.6 Å². The van der Waals surface area contributed by atoms with Gasteiger partial charge in [0.1, 0.15) is 0 Å². The lowest BCUT2D eigenvalue weighted by Crippen LogP contribution is -2.30. The minimum Gasteiger partial charge on any atom is -0.261 e. The number of nitrogens with zero attached hydrogens (tertiary/aromatic N) is 3. The van der Waals surface area contributed by atoms with Crippen molar-refractivity contribution in [2.75, 3.05) is 0 Å². The van der Waals surface area contributed by atoms with Crippen LogP contribution in [-0.2, 0) is 24.4 Å². The second-order valence-corrected chi connectivity index (χ2v) is 6.88. The van der Waals surface area contributed by atoms with Crippen LogP contribution in [0.5, 0.6) is 0 Å². The first-order chi connectivity index (χ1) is 13.3. The Labute approximate surface area is 165 Å². The minimum absolute atomic E-state index is 0.214. The Balaban J connectivity index is 2.04. The second kappa shape index (κ2) is 7.99. The molecule has 0 N–H and O–H groups in total. The summed E-state index contributed by atoms with van der Waals surface area (Å²) in [5, 5.41) is 10.7. The standard InChI is InChI=1S/C21H15ClF3N3/c22-18-7-1-15(2-8-18)11-20(14-26,12-19-13-27-9-10-28-19)16-3-5-17(6-4-16)21(23,24)25/h1-10,13H,11-12H2. The molecule has 28 heavy (non-hydrogen) atoms. The number of nitriles is 1. The Bertz CT molecular complexity index is 965. The summed E-state index contributed by atoms with van der Waals surface area (Å²) in [6, 6.07) is 14.1. The van der Waals surface area contributed by atoms with Gasteiger partial charge in [-0.15, -0.1) is 0 Å². The van der Waals surface area contributed by atoms with E-state index in [1.54, 1.807) is 30.5 Å². The van der Waals surface area contributed by atoms with Crippen molar-refractivity contribution in [3.05, 3.63) is 94.5 Å². The Morgan fingerprint density at radius 2 is 1.54 bits per heavy atom. The van der Waals surface area contributed by atoms with Crippen molar-refractivity contribution in [1.29, 1.82) is 5.26 Å². The van der Waals surface area contributed by atoms with Crippen molar-refractivity contribution in [2.45, 2.75) is 24.4 Å². The van der Waals surface area contributed by atoms with Gasteiger partial charge in [0.15, 0.2) is 0 Å². The molecular formula is C21H15ClF3N3. The zero-order chi connectivity index (χ0) is 20.2. The molecule has 3 aromatic rings. The molecule has 0 saturated carbocycles. The van der Waals surface area contributed by atoms with Crippen LogP contribution in [0.15, 0.2) is 67.1 Å². The van der Waals surface area contributed by atoms with Crippen LogP contribution in [0.4, 0.5) is 13.2 Å². The summed E-state index contributed by atoms with van der Waals surface area (Å²) in [4.78, 5) is 8.26. The molecule has 0 aliphatic heterocycles. The molecule has 0 saturated heterocycles. The maximum Gasteiger partial charge on any atom is 0.416 e. The molecule has 142 valence electrons. The maximum absolute atomic E-state index is 12.9. The van der Waals surface area contributed by atoms with Crippen LogP contribution >= 0.6 is 11.6 Å². The molecule has 7 heteroatoms. The van der Waals surface area contributed by atoms with Gasteiger partial charge in [0, 0.05) is 30.0 Å². The first-order valence-electron chi connectivity index (χ1n) is 8.41. The van der Waals surface area contributed by atoms with Crippen LogP contribution in [0.1, 0.15) is 22.4 Å². The average Bonchev–Trinajstić information content (AvgIpc) is 2.69. The summed E-state index contributed by atoms with van der Waals surface area (Å²) in [7, 11) is 0. The molecular weight excluding hydrogens is 387 g/mol. The number of hydrogen-bond acceptors (Lipinski definition) is 3. The van der Waals surface area contributed by atoms with E-state index in [9.17, 15) is 18.4 Å². The molecule has 1 atom stereocenters. The van der Waals surface area contributed by atoms with Gasteiger partial charge in [-0.25, -0.2) is 0 Å². The van der Waals surface area contributed by atoms with E-state index in [0.717, 1.165) is 17.7 Å². The van der Waals surface area contributed by atoms with Crippen molar-refractivity contribution < 1.29 is 13.2 Å². The molecule has 1 aromatic heterocycles. The van der Waals surface area contributed by atoms with Crippen LogP contribution in [-0.4, -0.2) is 9.97 Å². The molecule has 3 rings (SSSR count). The monoisotopic (exact) mass is 401 g/mol. The number of hydrogen-bond donors (Lipinski definition) is 0. The third-order valence-electron chi connectivity index (χ3n) is 4.50. The van der Waals surface area contributed by atoms with E-state index in [2.05, 4.69) is 16.0 Å². The van der Waals surface area contributed by atoms with E-state index in [1.165, 1.54) is 24.5 Å². The van der Waals surface area contributed by atoms with E-state index in [4.69, 9.17) is 11.6 Å². The number of aromatic nitrogens is 2. The Hall–Kier alpha value is -2.91. The van der Waals surface area contributed by atoms with Crippen molar-refractivity contribution in [3.63, 3.8) is 0 Å². The van der Waals surface area contributed by atoms with E-state index >= 15 is 0 Å². The fraction of sp³-hybridized carbons (Fsp3) is 0.190. The van der Waals surface area contributed by atoms with Gasteiger partial charge >= 0.3 is 6.18 Å². The summed E-state index contributed by atoms with van der Waals surface area (Å²) < 4.78 is 38.8. The summed E-state index contributed by atoms with van der Waals surface area (Å²) in [6.45, 7) is 0. The molecule has 3 nitrogen and oxygen atoms in total. The van der Waals surface area contributed by atoms with E-state index in [-0.39, 0.29) is 6.42 Å². The third kappa shape index (κ3) is 4.49. The molecule has 0 bridgehead atoms. The predicted molar refractivity (Wildman–Crippen MR) is 99.6 cm³/mol. The van der Waals surface area contributed by atoms with Gasteiger partial charge in [-0.1, -0.05) is 35.9 Å². The first kappa shape index (κ1) is 19.8. The molecule has 0 radical (unpaired) electrons. The summed E-state index contributed by atoms with van der Waals surface area (Å²) >= 11 is 5.93. The molecule has 1 unspecified atom stereocenters. The van der Waals surface area contributed by atoms with E-state index < -0.39 is 17.2 Å². The lowest BCUT2D eigenvalue weighted by Gasteiger charge is -2.27. The highest BCUT2D eigenvalue weighted by atomic mass is 35.5. The molecule has 2 aromatic carbocycles. The Kier molecular flexibility index (Phi) is 5.66. The highest BCUT2D eigenvalue weighted by Crippen LogP contribution is 2.35. The van der Waals surface area contributed by atoms with Gasteiger partial charge in [0.05, 0.1) is 22.7 Å².